The van der Waals surface area contributed by atoms with Crippen molar-refractivity contribution in [2.45, 2.75) is 39.7 Å². The number of azo groups is 1. The van der Waals surface area contributed by atoms with Crippen molar-refractivity contribution in [2.24, 2.45) is 27.0 Å². The molecule has 0 aromatic heterocycles. The first kappa shape index (κ1) is 25.7. The van der Waals surface area contributed by atoms with Gasteiger partial charge in [0, 0.05) is 26.2 Å². The van der Waals surface area contributed by atoms with Crippen molar-refractivity contribution in [3.8, 4) is 0 Å². The van der Waals surface area contributed by atoms with Crippen LogP contribution >= 0.6 is 0 Å². The second-order valence-corrected chi connectivity index (χ2v) is 9.75. The molecular formula is C26H35FN4O3. The highest BCUT2D eigenvalue weighted by atomic mass is 19.1. The summed E-state index contributed by atoms with van der Waals surface area (Å²) in [5, 5.41) is 10.6. The highest BCUT2D eigenvalue weighted by molar-refractivity contribution is 5.86. The lowest BCUT2D eigenvalue weighted by Gasteiger charge is -2.45. The summed E-state index contributed by atoms with van der Waals surface area (Å²) < 4.78 is 20.0. The predicted molar refractivity (Wildman–Crippen MR) is 129 cm³/mol. The van der Waals surface area contributed by atoms with Gasteiger partial charge in [-0.25, -0.2) is 4.39 Å². The van der Waals surface area contributed by atoms with E-state index in [1.165, 1.54) is 6.07 Å². The van der Waals surface area contributed by atoms with Crippen LogP contribution in [0.2, 0.25) is 0 Å². The maximum absolute atomic E-state index is 14.4. The van der Waals surface area contributed by atoms with Crippen LogP contribution in [0.5, 0.6) is 0 Å². The summed E-state index contributed by atoms with van der Waals surface area (Å²) in [5.74, 6) is -0.587. The lowest BCUT2D eigenvalue weighted by Crippen LogP contribution is -2.56. The molecule has 0 bridgehead atoms. The van der Waals surface area contributed by atoms with Crippen LogP contribution in [0.3, 0.4) is 0 Å². The van der Waals surface area contributed by atoms with Gasteiger partial charge in [0.25, 0.3) is 5.91 Å². The molecule has 3 atom stereocenters. The van der Waals surface area contributed by atoms with Crippen LogP contribution in [0.1, 0.15) is 39.2 Å². The van der Waals surface area contributed by atoms with Gasteiger partial charge in [0.2, 0.25) is 5.91 Å². The first-order chi connectivity index (χ1) is 16.1. The van der Waals surface area contributed by atoms with Crippen molar-refractivity contribution < 1.29 is 18.7 Å². The molecule has 1 aliphatic carbocycles. The molecule has 1 saturated heterocycles. The Morgan fingerprint density at radius 2 is 2.00 bits per heavy atom. The number of halogens is 1. The minimum Gasteiger partial charge on any atom is -0.365 e. The van der Waals surface area contributed by atoms with Crippen LogP contribution in [0, 0.1) is 22.6 Å². The highest BCUT2D eigenvalue weighted by Crippen LogP contribution is 2.59. The summed E-state index contributed by atoms with van der Waals surface area (Å²) in [7, 11) is 3.10. The fourth-order valence-electron chi connectivity index (χ4n) is 5.25. The molecule has 1 unspecified atom stereocenters. The SMILES string of the molecule is C=C(/C=C(\N=NC)c1ccccc1F)[C@@H]1CC[C@@](C)(C(=O)N2CCOC(C(=O)NC)C2)C1(C)C. The average molecular weight is 471 g/mol. The van der Waals surface area contributed by atoms with Crippen LogP contribution in [-0.2, 0) is 14.3 Å². The Bertz CT molecular complexity index is 1020. The minimum absolute atomic E-state index is 0.00828. The maximum atomic E-state index is 14.4. The quantitative estimate of drug-likeness (QED) is 0.499. The largest absolute Gasteiger partial charge is 0.365 e. The monoisotopic (exact) mass is 470 g/mol. The first-order valence-electron chi connectivity index (χ1n) is 11.6. The molecule has 184 valence electrons. The third kappa shape index (κ3) is 4.69. The second kappa shape index (κ2) is 10.2. The maximum Gasteiger partial charge on any atom is 0.250 e. The lowest BCUT2D eigenvalue weighted by atomic mass is 9.63. The van der Waals surface area contributed by atoms with E-state index in [1.54, 1.807) is 43.3 Å². The Morgan fingerprint density at radius 3 is 2.65 bits per heavy atom. The molecule has 3 rings (SSSR count). The van der Waals surface area contributed by atoms with Crippen molar-refractivity contribution in [1.29, 1.82) is 0 Å². The molecule has 1 N–H and O–H groups in total. The summed E-state index contributed by atoms with van der Waals surface area (Å²) >= 11 is 0. The van der Waals surface area contributed by atoms with Crippen LogP contribution < -0.4 is 5.32 Å². The number of amides is 2. The molecule has 2 amide bonds. The summed E-state index contributed by atoms with van der Waals surface area (Å²) in [6.07, 6.45) is 2.57. The number of benzene rings is 1. The number of morpholine rings is 1. The molecule has 2 fully saturated rings. The van der Waals surface area contributed by atoms with Gasteiger partial charge < -0.3 is 15.0 Å². The van der Waals surface area contributed by atoms with E-state index in [0.29, 0.717) is 30.8 Å². The van der Waals surface area contributed by atoms with Crippen molar-refractivity contribution >= 4 is 17.5 Å². The van der Waals surface area contributed by atoms with E-state index in [4.69, 9.17) is 4.74 Å². The Hall–Kier alpha value is -2.87. The smallest absolute Gasteiger partial charge is 0.250 e. The van der Waals surface area contributed by atoms with Gasteiger partial charge in [0.05, 0.1) is 24.3 Å². The van der Waals surface area contributed by atoms with Gasteiger partial charge in [-0.3, -0.25) is 9.59 Å². The van der Waals surface area contributed by atoms with Gasteiger partial charge >= 0.3 is 0 Å². The van der Waals surface area contributed by atoms with E-state index < -0.39 is 16.9 Å². The third-order valence-electron chi connectivity index (χ3n) is 7.72. The first-order valence-corrected chi connectivity index (χ1v) is 11.6. The Balaban J connectivity index is 1.85. The van der Waals surface area contributed by atoms with Crippen LogP contribution in [0.25, 0.3) is 5.70 Å². The van der Waals surface area contributed by atoms with Crippen molar-refractivity contribution in [3.63, 3.8) is 0 Å². The molecule has 0 radical (unpaired) electrons. The number of nitrogens with zero attached hydrogens (tertiary/aromatic N) is 3. The number of hydrogen-bond donors (Lipinski definition) is 1. The molecular weight excluding hydrogens is 435 g/mol. The van der Waals surface area contributed by atoms with E-state index in [2.05, 4.69) is 36.0 Å². The van der Waals surface area contributed by atoms with Gasteiger partial charge in [-0.15, -0.1) is 0 Å². The number of carbonyl (C=O) groups is 2. The zero-order chi connectivity index (χ0) is 25.1. The zero-order valence-electron chi connectivity index (χ0n) is 20.7. The van der Waals surface area contributed by atoms with Crippen LogP contribution in [0.15, 0.2) is 52.7 Å². The van der Waals surface area contributed by atoms with Crippen molar-refractivity contribution in [3.05, 3.63) is 53.9 Å². The van der Waals surface area contributed by atoms with Gasteiger partial charge in [-0.2, -0.15) is 10.2 Å². The number of carbonyl (C=O) groups excluding carboxylic acids is 2. The Labute approximate surface area is 201 Å². The Kier molecular flexibility index (Phi) is 7.70. The second-order valence-electron chi connectivity index (χ2n) is 9.75. The fraction of sp³-hybridized carbons (Fsp3) is 0.538. The zero-order valence-corrected chi connectivity index (χ0v) is 20.7. The van der Waals surface area contributed by atoms with Crippen molar-refractivity contribution in [1.82, 2.24) is 10.2 Å². The fourth-order valence-corrected chi connectivity index (χ4v) is 5.25. The third-order valence-corrected chi connectivity index (χ3v) is 7.72. The molecule has 1 aliphatic heterocycles. The molecule has 1 saturated carbocycles. The molecule has 0 spiro atoms. The normalized spacial score (nSPS) is 27.1. The van der Waals surface area contributed by atoms with E-state index >= 15 is 0 Å². The highest BCUT2D eigenvalue weighted by Gasteiger charge is 2.57. The summed E-state index contributed by atoms with van der Waals surface area (Å²) in [5.41, 5.74) is 0.476. The van der Waals surface area contributed by atoms with Gasteiger partial charge in [-0.05, 0) is 48.0 Å². The molecule has 1 aromatic rings. The summed E-state index contributed by atoms with van der Waals surface area (Å²) in [4.78, 5) is 27.6. The number of hydrogen-bond acceptors (Lipinski definition) is 5. The lowest BCUT2D eigenvalue weighted by molar-refractivity contribution is -0.158. The van der Waals surface area contributed by atoms with E-state index in [9.17, 15) is 14.0 Å². The van der Waals surface area contributed by atoms with Gasteiger partial charge in [0.15, 0.2) is 6.10 Å². The summed E-state index contributed by atoms with van der Waals surface area (Å²) in [6, 6.07) is 6.44. The number of rotatable bonds is 6. The molecule has 8 heteroatoms. The molecule has 34 heavy (non-hydrogen) atoms. The predicted octanol–water partition coefficient (Wildman–Crippen LogP) is 4.22. The van der Waals surface area contributed by atoms with Gasteiger partial charge in [0.1, 0.15) is 5.82 Å². The van der Waals surface area contributed by atoms with Crippen molar-refractivity contribution in [2.75, 3.05) is 33.8 Å². The Morgan fingerprint density at radius 1 is 1.29 bits per heavy atom. The minimum atomic E-state index is -0.660. The number of nitrogens with one attached hydrogen (secondary N) is 1. The van der Waals surface area contributed by atoms with Gasteiger partial charge in [-0.1, -0.05) is 39.5 Å². The molecule has 1 heterocycles. The van der Waals surface area contributed by atoms with E-state index in [-0.39, 0.29) is 30.1 Å². The number of likely N-dealkylation sites (N-methyl/N-ethyl adjacent to an activating group) is 1. The van der Waals surface area contributed by atoms with E-state index in [1.807, 2.05) is 6.92 Å². The topological polar surface area (TPSA) is 83.4 Å². The average Bonchev–Trinajstić information content (AvgIpc) is 3.07. The van der Waals surface area contributed by atoms with Crippen LogP contribution in [0.4, 0.5) is 4.39 Å². The molecule has 2 aliphatic rings. The molecule has 7 nitrogen and oxygen atoms in total. The molecule has 1 aromatic carbocycles. The number of ether oxygens (including phenoxy) is 1. The van der Waals surface area contributed by atoms with Crippen LogP contribution in [-0.4, -0.2) is 56.6 Å². The van der Waals surface area contributed by atoms with E-state index in [0.717, 1.165) is 12.0 Å². The summed E-state index contributed by atoms with van der Waals surface area (Å²) in [6.45, 7) is 11.5. The standard InChI is InChI=1S/C26H35FN4O3/c1-17(15-21(30-29-6)18-9-7-8-10-20(18)27)19-11-12-26(4,25(19,2)3)24(33)31-13-14-34-22(16-31)23(32)28-5/h7-10,15,19,22H,1,11-14,16H2,2-6H3,(H,28,32)/b21-15-,30-29?/t19-,22?,26-/m0/s1. The number of allylic oxidation sites excluding steroid dienone is 2.